The summed E-state index contributed by atoms with van der Waals surface area (Å²) in [6, 6.07) is 1.70. The van der Waals surface area contributed by atoms with Crippen molar-refractivity contribution in [2.45, 2.75) is 18.8 Å². The van der Waals surface area contributed by atoms with Crippen molar-refractivity contribution in [2.24, 2.45) is 0 Å². The molecular weight excluding hydrogens is 204 g/mol. The molecule has 1 saturated carbocycles. The predicted molar refractivity (Wildman–Crippen MR) is 50.4 cm³/mol. The molecule has 1 aliphatic rings. The van der Waals surface area contributed by atoms with Crippen LogP contribution in [0.2, 0.25) is 5.15 Å². The summed E-state index contributed by atoms with van der Waals surface area (Å²) in [5, 5.41) is 0.294. The van der Waals surface area contributed by atoms with Crippen molar-refractivity contribution in [3.8, 4) is 0 Å². The molecule has 0 aromatic carbocycles. The first kappa shape index (κ1) is 9.40. The van der Waals surface area contributed by atoms with E-state index in [0.29, 0.717) is 11.1 Å². The second-order valence-corrected chi connectivity index (χ2v) is 3.59. The van der Waals surface area contributed by atoms with Crippen molar-refractivity contribution >= 4 is 17.6 Å². The third kappa shape index (κ3) is 1.85. The Morgan fingerprint density at radius 1 is 1.57 bits per heavy atom. The van der Waals surface area contributed by atoms with Crippen LogP contribution in [0, 0.1) is 0 Å². The number of carbonyl (C=O) groups excluding carboxylic acids is 1. The molecule has 5 heteroatoms. The number of esters is 1. The molecule has 2 rings (SSSR count). The molecule has 0 radical (unpaired) electrons. The lowest BCUT2D eigenvalue weighted by molar-refractivity contribution is 0.0586. The molecule has 0 unspecified atom stereocenters. The first-order chi connectivity index (χ1) is 6.70. The van der Waals surface area contributed by atoms with Crippen molar-refractivity contribution in [3.63, 3.8) is 0 Å². The van der Waals surface area contributed by atoms with Crippen LogP contribution in [0.25, 0.3) is 0 Å². The minimum absolute atomic E-state index is 0.0434. The Balaban J connectivity index is 2.35. The number of halogens is 1. The third-order valence-corrected chi connectivity index (χ3v) is 2.27. The van der Waals surface area contributed by atoms with Crippen LogP contribution in [-0.4, -0.2) is 23.0 Å². The van der Waals surface area contributed by atoms with Gasteiger partial charge in [-0.25, -0.2) is 14.8 Å². The molecule has 1 fully saturated rings. The fourth-order valence-corrected chi connectivity index (χ4v) is 1.40. The van der Waals surface area contributed by atoms with E-state index >= 15 is 0 Å². The smallest absolute Gasteiger partial charge is 0.376 e. The average molecular weight is 213 g/mol. The molecule has 1 aromatic heterocycles. The van der Waals surface area contributed by atoms with Crippen LogP contribution in [-0.2, 0) is 4.74 Å². The van der Waals surface area contributed by atoms with Crippen LogP contribution in [0.15, 0.2) is 6.07 Å². The minimum Gasteiger partial charge on any atom is -0.463 e. The van der Waals surface area contributed by atoms with Crippen molar-refractivity contribution in [2.75, 3.05) is 7.11 Å². The molecular formula is C9H9ClN2O2. The molecule has 0 aliphatic heterocycles. The highest BCUT2D eigenvalue weighted by molar-refractivity contribution is 6.29. The molecule has 74 valence electrons. The highest BCUT2D eigenvalue weighted by Gasteiger charge is 2.27. The fourth-order valence-electron chi connectivity index (χ4n) is 1.21. The summed E-state index contributed by atoms with van der Waals surface area (Å²) in [6.45, 7) is 0. The monoisotopic (exact) mass is 212 g/mol. The SMILES string of the molecule is COC(=O)c1nc(Cl)cc(C2CC2)n1. The van der Waals surface area contributed by atoms with Gasteiger partial charge in [0.2, 0.25) is 5.82 Å². The molecule has 0 bridgehead atoms. The maximum Gasteiger partial charge on any atom is 0.376 e. The maximum atomic E-state index is 11.2. The number of aromatic nitrogens is 2. The van der Waals surface area contributed by atoms with E-state index in [1.807, 2.05) is 0 Å². The molecule has 0 amide bonds. The number of ether oxygens (including phenoxy) is 1. The summed E-state index contributed by atoms with van der Waals surface area (Å²) >= 11 is 5.76. The van der Waals surface area contributed by atoms with Crippen LogP contribution < -0.4 is 0 Å². The zero-order valence-electron chi connectivity index (χ0n) is 7.66. The maximum absolute atomic E-state index is 11.2. The summed E-state index contributed by atoms with van der Waals surface area (Å²) in [5.41, 5.74) is 0.838. The summed E-state index contributed by atoms with van der Waals surface area (Å²) < 4.78 is 4.52. The summed E-state index contributed by atoms with van der Waals surface area (Å²) in [5.74, 6) is -0.0600. The first-order valence-electron chi connectivity index (χ1n) is 4.33. The molecule has 14 heavy (non-hydrogen) atoms. The van der Waals surface area contributed by atoms with Crippen LogP contribution >= 0.6 is 11.6 Å². The van der Waals surface area contributed by atoms with E-state index in [1.165, 1.54) is 7.11 Å². The van der Waals surface area contributed by atoms with Crippen LogP contribution in [0.1, 0.15) is 35.1 Å². The number of carbonyl (C=O) groups is 1. The van der Waals surface area contributed by atoms with Gasteiger partial charge in [-0.05, 0) is 18.9 Å². The normalized spacial score (nSPS) is 15.3. The van der Waals surface area contributed by atoms with Crippen LogP contribution in [0.5, 0.6) is 0 Å². The van der Waals surface area contributed by atoms with E-state index in [-0.39, 0.29) is 5.82 Å². The van der Waals surface area contributed by atoms with Gasteiger partial charge < -0.3 is 4.74 Å². The van der Waals surface area contributed by atoms with E-state index in [2.05, 4.69) is 14.7 Å². The Bertz CT molecular complexity index is 377. The zero-order valence-corrected chi connectivity index (χ0v) is 8.41. The lowest BCUT2D eigenvalue weighted by atomic mass is 10.3. The summed E-state index contributed by atoms with van der Waals surface area (Å²) in [4.78, 5) is 19.0. The van der Waals surface area contributed by atoms with Crippen molar-refractivity contribution in [3.05, 3.63) is 22.7 Å². The van der Waals surface area contributed by atoms with E-state index in [1.54, 1.807) is 6.07 Å². The molecule has 4 nitrogen and oxygen atoms in total. The van der Waals surface area contributed by atoms with Gasteiger partial charge in [-0.2, -0.15) is 0 Å². The van der Waals surface area contributed by atoms with Gasteiger partial charge in [0, 0.05) is 11.6 Å². The van der Waals surface area contributed by atoms with Crippen molar-refractivity contribution in [1.82, 2.24) is 9.97 Å². The standard InChI is InChI=1S/C9H9ClN2O2/c1-14-9(13)8-11-6(5-2-3-5)4-7(10)12-8/h4-5H,2-3H2,1H3. The van der Waals surface area contributed by atoms with E-state index in [9.17, 15) is 4.79 Å². The minimum atomic E-state index is -0.547. The molecule has 0 saturated heterocycles. The predicted octanol–water partition coefficient (Wildman–Crippen LogP) is 1.79. The van der Waals surface area contributed by atoms with Crippen molar-refractivity contribution in [1.29, 1.82) is 0 Å². The van der Waals surface area contributed by atoms with Gasteiger partial charge in [0.05, 0.1) is 7.11 Å². The topological polar surface area (TPSA) is 52.1 Å². The Labute approximate surface area is 86.3 Å². The van der Waals surface area contributed by atoms with E-state index in [0.717, 1.165) is 18.5 Å². The molecule has 0 atom stereocenters. The number of nitrogens with zero attached hydrogens (tertiary/aromatic N) is 2. The average Bonchev–Trinajstić information content (AvgIpc) is 2.98. The molecule has 1 aliphatic carbocycles. The zero-order chi connectivity index (χ0) is 10.1. The van der Waals surface area contributed by atoms with Gasteiger partial charge in [-0.15, -0.1) is 0 Å². The Kier molecular flexibility index (Phi) is 2.37. The van der Waals surface area contributed by atoms with Gasteiger partial charge in [-0.3, -0.25) is 0 Å². The highest BCUT2D eigenvalue weighted by atomic mass is 35.5. The largest absolute Gasteiger partial charge is 0.463 e. The Morgan fingerprint density at radius 2 is 2.29 bits per heavy atom. The molecule has 1 heterocycles. The second-order valence-electron chi connectivity index (χ2n) is 3.20. The quantitative estimate of drug-likeness (QED) is 0.554. The van der Waals surface area contributed by atoms with Crippen LogP contribution in [0.3, 0.4) is 0 Å². The summed E-state index contributed by atoms with van der Waals surface area (Å²) in [6.07, 6.45) is 2.21. The summed E-state index contributed by atoms with van der Waals surface area (Å²) in [7, 11) is 1.30. The molecule has 0 spiro atoms. The Hall–Kier alpha value is -1.16. The highest BCUT2D eigenvalue weighted by Crippen LogP contribution is 2.39. The van der Waals surface area contributed by atoms with Crippen LogP contribution in [0.4, 0.5) is 0 Å². The van der Waals surface area contributed by atoms with Gasteiger partial charge in [0.15, 0.2) is 0 Å². The van der Waals surface area contributed by atoms with Gasteiger partial charge in [0.25, 0.3) is 0 Å². The fraction of sp³-hybridized carbons (Fsp3) is 0.444. The first-order valence-corrected chi connectivity index (χ1v) is 4.71. The molecule has 1 aromatic rings. The number of rotatable bonds is 2. The van der Waals surface area contributed by atoms with Gasteiger partial charge in [-0.1, -0.05) is 11.6 Å². The molecule has 0 N–H and O–H groups in total. The second kappa shape index (κ2) is 3.53. The number of hydrogen-bond donors (Lipinski definition) is 0. The van der Waals surface area contributed by atoms with E-state index in [4.69, 9.17) is 11.6 Å². The lowest BCUT2D eigenvalue weighted by Gasteiger charge is -2.01. The number of hydrogen-bond acceptors (Lipinski definition) is 4. The Morgan fingerprint density at radius 3 is 2.86 bits per heavy atom. The van der Waals surface area contributed by atoms with Gasteiger partial charge in [0.1, 0.15) is 5.15 Å². The third-order valence-electron chi connectivity index (χ3n) is 2.08. The van der Waals surface area contributed by atoms with Crippen molar-refractivity contribution < 1.29 is 9.53 Å². The number of methoxy groups -OCH3 is 1. The van der Waals surface area contributed by atoms with E-state index < -0.39 is 5.97 Å². The van der Waals surface area contributed by atoms with Gasteiger partial charge >= 0.3 is 5.97 Å². The lowest BCUT2D eigenvalue weighted by Crippen LogP contribution is -2.09.